The van der Waals surface area contributed by atoms with Crippen LogP contribution in [0.4, 0.5) is 0 Å². The number of hydrogen-bond acceptors (Lipinski definition) is 9. The third kappa shape index (κ3) is 10.3. The van der Waals surface area contributed by atoms with E-state index in [1.807, 2.05) is 18.2 Å². The lowest BCUT2D eigenvalue weighted by Gasteiger charge is -2.16. The van der Waals surface area contributed by atoms with Gasteiger partial charge in [0.25, 0.3) is 0 Å². The third-order valence-corrected chi connectivity index (χ3v) is 5.75. The molecule has 0 aliphatic carbocycles. The van der Waals surface area contributed by atoms with Gasteiger partial charge in [-0.15, -0.1) is 0 Å². The molecule has 2 aromatic rings. The van der Waals surface area contributed by atoms with Gasteiger partial charge in [0.15, 0.2) is 17.7 Å². The van der Waals surface area contributed by atoms with Gasteiger partial charge in [-0.2, -0.15) is 0 Å². The van der Waals surface area contributed by atoms with Crippen molar-refractivity contribution in [1.82, 2.24) is 9.97 Å². The molecule has 0 aromatic carbocycles. The fraction of sp³-hybridized carbons (Fsp3) is 0.478. The zero-order valence-corrected chi connectivity index (χ0v) is 24.7. The summed E-state index contributed by atoms with van der Waals surface area (Å²) in [5, 5.41) is 0. The van der Waals surface area contributed by atoms with Crippen LogP contribution >= 0.6 is 47.8 Å². The number of nitrogens with zero attached hydrogens (tertiary/aromatic N) is 2. The van der Waals surface area contributed by atoms with Gasteiger partial charge in [0.1, 0.15) is 25.6 Å². The summed E-state index contributed by atoms with van der Waals surface area (Å²) >= 11 is 9.67. The van der Waals surface area contributed by atoms with Crippen molar-refractivity contribution in [2.45, 2.75) is 51.5 Å². The second kappa shape index (κ2) is 13.3. The SMILES string of the molecule is Brc1cccc(Br)n1.CC1(C)OC[C@H](C(=O)c2cccc(Br)n2)O1.COC(=O)[C@H]1COC(C)(C)O1. The van der Waals surface area contributed by atoms with E-state index in [1.165, 1.54) is 7.11 Å². The van der Waals surface area contributed by atoms with E-state index in [0.29, 0.717) is 10.3 Å². The van der Waals surface area contributed by atoms with Gasteiger partial charge in [-0.1, -0.05) is 12.1 Å². The number of pyridine rings is 2. The van der Waals surface area contributed by atoms with Crippen molar-refractivity contribution in [3.63, 3.8) is 0 Å². The van der Waals surface area contributed by atoms with Gasteiger partial charge in [0, 0.05) is 0 Å². The van der Waals surface area contributed by atoms with E-state index in [4.69, 9.17) is 18.9 Å². The fourth-order valence-corrected chi connectivity index (χ4v) is 4.11. The number of carbonyl (C=O) groups is 2. The number of carbonyl (C=O) groups excluding carboxylic acids is 2. The topological polar surface area (TPSA) is 106 Å². The largest absolute Gasteiger partial charge is 0.467 e. The molecule has 0 spiro atoms. The molecule has 0 N–H and O–H groups in total. The van der Waals surface area contributed by atoms with E-state index in [2.05, 4.69) is 62.5 Å². The number of halogens is 3. The van der Waals surface area contributed by atoms with Crippen molar-refractivity contribution in [3.8, 4) is 0 Å². The van der Waals surface area contributed by atoms with E-state index in [1.54, 1.807) is 45.9 Å². The molecule has 0 bridgehead atoms. The maximum absolute atomic E-state index is 12.0. The Bertz CT molecular complexity index is 1000. The Morgan fingerprint density at radius 2 is 1.29 bits per heavy atom. The maximum atomic E-state index is 12.0. The van der Waals surface area contributed by atoms with Crippen molar-refractivity contribution < 1.29 is 33.3 Å². The van der Waals surface area contributed by atoms with Crippen LogP contribution in [0.15, 0.2) is 50.2 Å². The first-order valence-electron chi connectivity index (χ1n) is 10.5. The minimum atomic E-state index is -0.688. The number of aromatic nitrogens is 2. The van der Waals surface area contributed by atoms with Crippen LogP contribution < -0.4 is 0 Å². The summed E-state index contributed by atoms with van der Waals surface area (Å²) in [5.41, 5.74) is 0.390. The summed E-state index contributed by atoms with van der Waals surface area (Å²) in [6, 6.07) is 10.9. The first kappa shape index (κ1) is 29.9. The van der Waals surface area contributed by atoms with E-state index in [-0.39, 0.29) is 25.0 Å². The zero-order chi connectivity index (χ0) is 26.2. The van der Waals surface area contributed by atoms with Gasteiger partial charge < -0.3 is 23.7 Å². The summed E-state index contributed by atoms with van der Waals surface area (Å²) in [6.45, 7) is 7.65. The van der Waals surface area contributed by atoms with Crippen LogP contribution in [0, 0.1) is 0 Å². The number of Topliss-reactive ketones (excluding diaryl/α,β-unsaturated/α-hetero) is 1. The summed E-state index contributed by atoms with van der Waals surface area (Å²) < 4.78 is 28.0. The summed E-state index contributed by atoms with van der Waals surface area (Å²) in [4.78, 5) is 31.0. The van der Waals surface area contributed by atoms with Crippen LogP contribution in [0.2, 0.25) is 0 Å². The second-order valence-electron chi connectivity index (χ2n) is 8.15. The van der Waals surface area contributed by atoms with Gasteiger partial charge >= 0.3 is 5.97 Å². The van der Waals surface area contributed by atoms with Gasteiger partial charge in [-0.25, -0.2) is 14.8 Å². The Morgan fingerprint density at radius 1 is 0.829 bits per heavy atom. The normalized spacial score (nSPS) is 21.7. The average molecular weight is 683 g/mol. The first-order valence-corrected chi connectivity index (χ1v) is 12.9. The molecule has 4 heterocycles. The highest BCUT2D eigenvalue weighted by molar-refractivity contribution is 9.11. The third-order valence-electron chi connectivity index (χ3n) is 4.42. The molecular formula is C23H27Br3N2O7. The molecule has 4 rings (SSSR count). The molecule has 192 valence electrons. The van der Waals surface area contributed by atoms with Gasteiger partial charge in [0.2, 0.25) is 5.78 Å². The Hall–Kier alpha value is -1.28. The molecule has 2 aliphatic rings. The minimum Gasteiger partial charge on any atom is -0.467 e. The molecule has 0 saturated carbocycles. The highest BCUT2D eigenvalue weighted by atomic mass is 79.9. The molecule has 2 atom stereocenters. The van der Waals surface area contributed by atoms with Crippen LogP contribution in [0.25, 0.3) is 0 Å². The Morgan fingerprint density at radius 3 is 1.66 bits per heavy atom. The smallest absolute Gasteiger partial charge is 0.337 e. The molecule has 2 fully saturated rings. The average Bonchev–Trinajstić information content (AvgIpc) is 3.34. The highest BCUT2D eigenvalue weighted by Gasteiger charge is 2.38. The molecule has 9 nitrogen and oxygen atoms in total. The lowest BCUT2D eigenvalue weighted by molar-refractivity contribution is -0.167. The van der Waals surface area contributed by atoms with Crippen molar-refractivity contribution in [3.05, 3.63) is 55.9 Å². The van der Waals surface area contributed by atoms with Crippen molar-refractivity contribution in [1.29, 1.82) is 0 Å². The predicted molar refractivity (Wildman–Crippen MR) is 138 cm³/mol. The Balaban J connectivity index is 0.000000198. The minimum absolute atomic E-state index is 0.146. The molecule has 2 saturated heterocycles. The van der Waals surface area contributed by atoms with Crippen molar-refractivity contribution in [2.24, 2.45) is 0 Å². The van der Waals surface area contributed by atoms with Crippen LogP contribution in [-0.2, 0) is 28.5 Å². The standard InChI is InChI=1S/C11H12BrNO3.C7H12O4.C5H3Br2N/c1-11(2)15-6-8(16-11)10(14)7-4-3-5-9(12)13-7;1-7(2)10-4-5(11-7)6(8)9-3;6-4-2-1-3-5(7)8-4/h3-5,8H,6H2,1-2H3;5H,4H2,1-3H3;1-3H/t8-;5-;/m11./s1. The Labute approximate surface area is 229 Å². The van der Waals surface area contributed by atoms with E-state index in [9.17, 15) is 9.59 Å². The van der Waals surface area contributed by atoms with Gasteiger partial charge in [-0.05, 0) is 99.8 Å². The van der Waals surface area contributed by atoms with Crippen LogP contribution in [0.3, 0.4) is 0 Å². The van der Waals surface area contributed by atoms with Crippen LogP contribution in [0.1, 0.15) is 38.2 Å². The molecule has 2 aromatic heterocycles. The Kier molecular flexibility index (Phi) is 11.4. The summed E-state index contributed by atoms with van der Waals surface area (Å²) in [7, 11) is 1.33. The summed E-state index contributed by atoms with van der Waals surface area (Å²) in [6.07, 6.45) is -1.12. The zero-order valence-electron chi connectivity index (χ0n) is 19.9. The molecule has 0 amide bonds. The van der Waals surface area contributed by atoms with Gasteiger partial charge in [-0.3, -0.25) is 4.79 Å². The summed E-state index contributed by atoms with van der Waals surface area (Å²) in [5.74, 6) is -1.87. The van der Waals surface area contributed by atoms with Crippen LogP contribution in [-0.4, -0.2) is 65.8 Å². The molecule has 12 heteroatoms. The highest BCUT2D eigenvalue weighted by Crippen LogP contribution is 2.24. The molecule has 0 unspecified atom stereocenters. The lowest BCUT2D eigenvalue weighted by atomic mass is 10.1. The van der Waals surface area contributed by atoms with Gasteiger partial charge in [0.05, 0.1) is 20.3 Å². The second-order valence-corrected chi connectivity index (χ2v) is 10.6. The number of ketones is 1. The lowest BCUT2D eigenvalue weighted by Crippen LogP contribution is -2.27. The first-order chi connectivity index (χ1) is 16.3. The predicted octanol–water partition coefficient (Wildman–Crippen LogP) is 5.10. The fourth-order valence-electron chi connectivity index (χ4n) is 2.84. The molecule has 2 aliphatic heterocycles. The number of esters is 1. The maximum Gasteiger partial charge on any atom is 0.337 e. The van der Waals surface area contributed by atoms with E-state index >= 15 is 0 Å². The van der Waals surface area contributed by atoms with Crippen molar-refractivity contribution in [2.75, 3.05) is 20.3 Å². The van der Waals surface area contributed by atoms with E-state index < -0.39 is 23.8 Å². The monoisotopic (exact) mass is 680 g/mol. The van der Waals surface area contributed by atoms with Crippen molar-refractivity contribution >= 4 is 59.5 Å². The number of rotatable bonds is 3. The van der Waals surface area contributed by atoms with E-state index in [0.717, 1.165) is 9.21 Å². The molecule has 0 radical (unpaired) electrons. The quantitative estimate of drug-likeness (QED) is 0.249. The molecular weight excluding hydrogens is 656 g/mol. The molecule has 35 heavy (non-hydrogen) atoms. The van der Waals surface area contributed by atoms with Crippen LogP contribution in [0.5, 0.6) is 0 Å². The number of methoxy groups -OCH3 is 1. The number of hydrogen-bond donors (Lipinski definition) is 0. The number of ether oxygens (including phenoxy) is 5.